The second-order valence-corrected chi connectivity index (χ2v) is 5.29. The van der Waals surface area contributed by atoms with E-state index in [2.05, 4.69) is 0 Å². The molecule has 0 radical (unpaired) electrons. The van der Waals surface area contributed by atoms with Crippen molar-refractivity contribution >= 4 is 6.09 Å². The average molecular weight is 293 g/mol. The molecule has 0 bridgehead atoms. The molecule has 0 saturated carbocycles. The van der Waals surface area contributed by atoms with Crippen LogP contribution in [0.25, 0.3) is 0 Å². The van der Waals surface area contributed by atoms with Gasteiger partial charge in [0.25, 0.3) is 0 Å². The fourth-order valence-electron chi connectivity index (χ4n) is 2.49. The molecule has 1 saturated heterocycles. The fraction of sp³-hybridized carbons (Fsp3) is 0.562. The number of piperidine rings is 1. The van der Waals surface area contributed by atoms with Gasteiger partial charge in [0.15, 0.2) is 0 Å². The van der Waals surface area contributed by atoms with Crippen molar-refractivity contribution in [2.45, 2.75) is 19.4 Å². The highest BCUT2D eigenvalue weighted by atomic mass is 16.6. The van der Waals surface area contributed by atoms with E-state index in [0.29, 0.717) is 32.3 Å². The molecule has 1 aliphatic rings. The van der Waals surface area contributed by atoms with Crippen LogP contribution in [0.4, 0.5) is 4.79 Å². The van der Waals surface area contributed by atoms with Gasteiger partial charge in [0.1, 0.15) is 6.61 Å². The molecule has 1 fully saturated rings. The lowest BCUT2D eigenvalue weighted by Crippen LogP contribution is -2.41. The van der Waals surface area contributed by atoms with Crippen LogP contribution in [0.5, 0.6) is 0 Å². The Bertz CT molecular complexity index is 424. The maximum atomic E-state index is 12.1. The summed E-state index contributed by atoms with van der Waals surface area (Å²) in [6.07, 6.45) is 1.76. The number of hydrogen-bond acceptors (Lipinski definition) is 4. The van der Waals surface area contributed by atoms with Gasteiger partial charge in [-0.2, -0.15) is 0 Å². The van der Waals surface area contributed by atoms with Crippen molar-refractivity contribution in [1.29, 1.82) is 0 Å². The first-order chi connectivity index (χ1) is 10.3. The molecule has 116 valence electrons. The van der Waals surface area contributed by atoms with Gasteiger partial charge in [-0.3, -0.25) is 0 Å². The number of hydrogen-bond donors (Lipinski definition) is 1. The zero-order chi connectivity index (χ0) is 14.9. The SMILES string of the molecule is O=C(OCc1ccccc1)N1CCCC(COCCO)C1. The molecule has 1 atom stereocenters. The van der Waals surface area contributed by atoms with Crippen LogP contribution in [0.2, 0.25) is 0 Å². The molecule has 0 aliphatic carbocycles. The standard InChI is InChI=1S/C16H23NO4/c18-9-10-20-12-15-7-4-8-17(11-15)16(19)21-13-14-5-2-1-3-6-14/h1-3,5-6,15,18H,4,7-13H2. The van der Waals surface area contributed by atoms with Crippen LogP contribution >= 0.6 is 0 Å². The number of carbonyl (C=O) groups is 1. The number of benzene rings is 1. The number of amides is 1. The molecule has 1 unspecified atom stereocenters. The van der Waals surface area contributed by atoms with Gasteiger partial charge in [-0.25, -0.2) is 4.79 Å². The van der Waals surface area contributed by atoms with Gasteiger partial charge < -0.3 is 19.5 Å². The zero-order valence-electron chi connectivity index (χ0n) is 12.2. The van der Waals surface area contributed by atoms with E-state index in [0.717, 1.165) is 24.9 Å². The van der Waals surface area contributed by atoms with Crippen molar-refractivity contribution in [2.75, 3.05) is 32.9 Å². The average Bonchev–Trinajstić information content (AvgIpc) is 2.54. The lowest BCUT2D eigenvalue weighted by Gasteiger charge is -2.31. The zero-order valence-corrected chi connectivity index (χ0v) is 12.2. The van der Waals surface area contributed by atoms with E-state index in [1.165, 1.54) is 0 Å². The van der Waals surface area contributed by atoms with Crippen LogP contribution in [0.3, 0.4) is 0 Å². The quantitative estimate of drug-likeness (QED) is 0.816. The van der Waals surface area contributed by atoms with E-state index in [1.807, 2.05) is 30.3 Å². The smallest absolute Gasteiger partial charge is 0.410 e. The number of ether oxygens (including phenoxy) is 2. The number of aliphatic hydroxyl groups is 1. The fourth-order valence-corrected chi connectivity index (χ4v) is 2.49. The maximum absolute atomic E-state index is 12.1. The van der Waals surface area contributed by atoms with E-state index >= 15 is 0 Å². The van der Waals surface area contributed by atoms with Crippen molar-refractivity contribution in [3.8, 4) is 0 Å². The summed E-state index contributed by atoms with van der Waals surface area (Å²) in [6.45, 7) is 2.69. The minimum atomic E-state index is -0.259. The van der Waals surface area contributed by atoms with Crippen LogP contribution in [0.15, 0.2) is 30.3 Å². The van der Waals surface area contributed by atoms with E-state index in [9.17, 15) is 4.79 Å². The maximum Gasteiger partial charge on any atom is 0.410 e. The predicted molar refractivity (Wildman–Crippen MR) is 78.8 cm³/mol. The molecule has 5 nitrogen and oxygen atoms in total. The first kappa shape index (κ1) is 15.8. The molecule has 1 heterocycles. The van der Waals surface area contributed by atoms with Gasteiger partial charge in [0.2, 0.25) is 0 Å². The van der Waals surface area contributed by atoms with E-state index in [1.54, 1.807) is 4.90 Å². The first-order valence-corrected chi connectivity index (χ1v) is 7.44. The van der Waals surface area contributed by atoms with Crippen LogP contribution in [0.1, 0.15) is 18.4 Å². The second kappa shape index (κ2) is 8.64. The number of rotatable bonds is 6. The van der Waals surface area contributed by atoms with Crippen molar-refractivity contribution < 1.29 is 19.4 Å². The number of carbonyl (C=O) groups excluding carboxylic acids is 1. The molecular formula is C16H23NO4. The summed E-state index contributed by atoms with van der Waals surface area (Å²) in [5.41, 5.74) is 0.991. The van der Waals surface area contributed by atoms with Gasteiger partial charge in [0.05, 0.1) is 19.8 Å². The summed E-state index contributed by atoms with van der Waals surface area (Å²) in [7, 11) is 0. The first-order valence-electron chi connectivity index (χ1n) is 7.44. The largest absolute Gasteiger partial charge is 0.445 e. The van der Waals surface area contributed by atoms with Crippen LogP contribution < -0.4 is 0 Å². The number of likely N-dealkylation sites (tertiary alicyclic amines) is 1. The Hall–Kier alpha value is -1.59. The molecule has 1 aromatic carbocycles. The molecule has 2 rings (SSSR count). The monoisotopic (exact) mass is 293 g/mol. The Labute approximate surface area is 125 Å². The van der Waals surface area contributed by atoms with Gasteiger partial charge in [0, 0.05) is 19.0 Å². The van der Waals surface area contributed by atoms with Crippen molar-refractivity contribution in [1.82, 2.24) is 4.90 Å². The Kier molecular flexibility index (Phi) is 6.50. The highest BCUT2D eigenvalue weighted by molar-refractivity contribution is 5.67. The van der Waals surface area contributed by atoms with Gasteiger partial charge in [-0.05, 0) is 18.4 Å². The van der Waals surface area contributed by atoms with Gasteiger partial charge in [-0.1, -0.05) is 30.3 Å². The third-order valence-electron chi connectivity index (χ3n) is 3.57. The number of aliphatic hydroxyl groups excluding tert-OH is 1. The summed E-state index contributed by atoms with van der Waals surface area (Å²) in [6, 6.07) is 9.67. The minimum absolute atomic E-state index is 0.0373. The van der Waals surface area contributed by atoms with Crippen molar-refractivity contribution in [3.05, 3.63) is 35.9 Å². The lowest BCUT2D eigenvalue weighted by molar-refractivity contribution is 0.0340. The highest BCUT2D eigenvalue weighted by Gasteiger charge is 2.24. The summed E-state index contributed by atoms with van der Waals surface area (Å²) >= 11 is 0. The molecule has 1 aromatic rings. The molecule has 1 aliphatic heterocycles. The summed E-state index contributed by atoms with van der Waals surface area (Å²) < 4.78 is 10.7. The van der Waals surface area contributed by atoms with Gasteiger partial charge in [-0.15, -0.1) is 0 Å². The molecule has 5 heteroatoms. The Morgan fingerprint density at radius 2 is 2.14 bits per heavy atom. The molecule has 1 amide bonds. The van der Waals surface area contributed by atoms with Crippen LogP contribution in [0, 0.1) is 5.92 Å². The Morgan fingerprint density at radius 1 is 1.33 bits per heavy atom. The van der Waals surface area contributed by atoms with E-state index < -0.39 is 0 Å². The molecule has 0 aromatic heterocycles. The topological polar surface area (TPSA) is 59.0 Å². The van der Waals surface area contributed by atoms with E-state index in [-0.39, 0.29) is 12.7 Å². The van der Waals surface area contributed by atoms with E-state index in [4.69, 9.17) is 14.6 Å². The van der Waals surface area contributed by atoms with Crippen molar-refractivity contribution in [3.63, 3.8) is 0 Å². The summed E-state index contributed by atoms with van der Waals surface area (Å²) in [5, 5.41) is 8.70. The molecular weight excluding hydrogens is 270 g/mol. The Balaban J connectivity index is 1.74. The molecule has 1 N–H and O–H groups in total. The summed E-state index contributed by atoms with van der Waals surface area (Å²) in [5.74, 6) is 0.328. The third-order valence-corrected chi connectivity index (χ3v) is 3.57. The van der Waals surface area contributed by atoms with Crippen molar-refractivity contribution in [2.24, 2.45) is 5.92 Å². The van der Waals surface area contributed by atoms with Crippen LogP contribution in [-0.4, -0.2) is 49.0 Å². The third kappa shape index (κ3) is 5.36. The number of nitrogens with zero attached hydrogens (tertiary/aromatic N) is 1. The van der Waals surface area contributed by atoms with Crippen LogP contribution in [-0.2, 0) is 16.1 Å². The lowest BCUT2D eigenvalue weighted by atomic mass is 9.99. The molecule has 21 heavy (non-hydrogen) atoms. The normalized spacial score (nSPS) is 18.5. The summed E-state index contributed by atoms with van der Waals surface area (Å²) in [4.78, 5) is 13.8. The predicted octanol–water partition coefficient (Wildman–Crippen LogP) is 2.04. The second-order valence-electron chi connectivity index (χ2n) is 5.29. The molecule has 0 spiro atoms. The Morgan fingerprint density at radius 3 is 2.90 bits per heavy atom. The van der Waals surface area contributed by atoms with Gasteiger partial charge >= 0.3 is 6.09 Å². The highest BCUT2D eigenvalue weighted by Crippen LogP contribution is 2.18. The minimum Gasteiger partial charge on any atom is -0.445 e.